The third kappa shape index (κ3) is 4.86. The maximum absolute atomic E-state index is 13.0. The van der Waals surface area contributed by atoms with Crippen LogP contribution in [0.15, 0.2) is 66.8 Å². The van der Waals surface area contributed by atoms with Gasteiger partial charge >= 0.3 is 0 Å². The second kappa shape index (κ2) is 9.62. The van der Waals surface area contributed by atoms with E-state index >= 15 is 0 Å². The Hall–Kier alpha value is -3.38. The quantitative estimate of drug-likeness (QED) is 0.306. The first-order valence-electron chi connectivity index (χ1n) is 10.2. The summed E-state index contributed by atoms with van der Waals surface area (Å²) < 4.78 is 5.54. The number of likely N-dealkylation sites (N-methyl/N-ethyl adjacent to an activating group) is 1. The van der Waals surface area contributed by atoms with Crippen molar-refractivity contribution >= 4 is 17.4 Å². The van der Waals surface area contributed by atoms with Crippen LogP contribution in [0.4, 0.5) is 0 Å². The monoisotopic (exact) mass is 420 g/mol. The molecule has 6 nitrogen and oxygen atoms in total. The predicted molar refractivity (Wildman–Crippen MR) is 121 cm³/mol. The van der Waals surface area contributed by atoms with E-state index < -0.39 is 17.7 Å². The van der Waals surface area contributed by atoms with E-state index in [0.717, 1.165) is 11.1 Å². The lowest BCUT2D eigenvalue weighted by molar-refractivity contribution is -0.140. The number of Topliss-reactive ketones (excluding diaryl/α,β-unsaturated/α-hetero) is 1. The molecule has 1 fully saturated rings. The molecule has 0 aromatic heterocycles. The van der Waals surface area contributed by atoms with Crippen LogP contribution in [0.2, 0.25) is 0 Å². The van der Waals surface area contributed by atoms with Crippen molar-refractivity contribution in [2.75, 3.05) is 33.8 Å². The number of carbonyl (C=O) groups is 2. The first-order valence-corrected chi connectivity index (χ1v) is 10.2. The number of aliphatic hydroxyl groups is 1. The number of likely N-dealkylation sites (tertiary alicyclic amines) is 1. The number of aryl methyl sites for hydroxylation is 1. The minimum atomic E-state index is -0.672. The van der Waals surface area contributed by atoms with Gasteiger partial charge in [-0.2, -0.15) is 0 Å². The van der Waals surface area contributed by atoms with E-state index in [1.165, 1.54) is 4.90 Å². The third-order valence-corrected chi connectivity index (χ3v) is 5.22. The molecule has 1 atom stereocenters. The van der Waals surface area contributed by atoms with E-state index in [2.05, 4.69) is 6.58 Å². The Morgan fingerprint density at radius 1 is 1.13 bits per heavy atom. The lowest BCUT2D eigenvalue weighted by Gasteiger charge is -2.26. The zero-order valence-electron chi connectivity index (χ0n) is 18.2. The molecule has 1 amide bonds. The zero-order chi connectivity index (χ0) is 22.5. The van der Waals surface area contributed by atoms with Crippen molar-refractivity contribution in [3.05, 3.63) is 83.4 Å². The van der Waals surface area contributed by atoms with Gasteiger partial charge in [0.05, 0.1) is 11.6 Å². The van der Waals surface area contributed by atoms with Crippen LogP contribution in [-0.2, 0) is 9.59 Å². The van der Waals surface area contributed by atoms with Crippen LogP contribution in [0.25, 0.3) is 5.76 Å². The van der Waals surface area contributed by atoms with E-state index in [1.54, 1.807) is 30.3 Å². The van der Waals surface area contributed by atoms with Crippen LogP contribution in [0.5, 0.6) is 5.75 Å². The third-order valence-electron chi connectivity index (χ3n) is 5.22. The summed E-state index contributed by atoms with van der Waals surface area (Å²) in [5, 5.41) is 11.0. The number of amides is 1. The Morgan fingerprint density at radius 2 is 1.77 bits per heavy atom. The summed E-state index contributed by atoms with van der Waals surface area (Å²) in [6.07, 6.45) is 1.66. The Labute approximate surface area is 183 Å². The maximum Gasteiger partial charge on any atom is 0.295 e. The fourth-order valence-corrected chi connectivity index (χ4v) is 3.53. The Bertz CT molecular complexity index is 991. The molecular formula is C25H28N2O4. The van der Waals surface area contributed by atoms with Crippen molar-refractivity contribution < 1.29 is 19.4 Å². The van der Waals surface area contributed by atoms with Crippen molar-refractivity contribution in [3.8, 4) is 5.75 Å². The van der Waals surface area contributed by atoms with E-state index in [4.69, 9.17) is 4.74 Å². The molecule has 3 rings (SSSR count). The van der Waals surface area contributed by atoms with Crippen molar-refractivity contribution in [2.45, 2.75) is 13.0 Å². The topological polar surface area (TPSA) is 70.1 Å². The number of ether oxygens (including phenoxy) is 1. The fraction of sp³-hybridized carbons (Fsp3) is 0.280. The smallest absolute Gasteiger partial charge is 0.295 e. The van der Waals surface area contributed by atoms with E-state index in [1.807, 2.05) is 50.2 Å². The van der Waals surface area contributed by atoms with Gasteiger partial charge in [-0.05, 0) is 38.7 Å². The molecule has 1 saturated heterocycles. The van der Waals surface area contributed by atoms with Gasteiger partial charge in [0, 0.05) is 18.7 Å². The number of aliphatic hydroxyl groups excluding tert-OH is 1. The van der Waals surface area contributed by atoms with Crippen LogP contribution in [-0.4, -0.2) is 60.4 Å². The predicted octanol–water partition coefficient (Wildman–Crippen LogP) is 3.54. The lowest BCUT2D eigenvalue weighted by Crippen LogP contribution is -2.35. The van der Waals surface area contributed by atoms with Gasteiger partial charge in [-0.25, -0.2) is 0 Å². The molecule has 0 saturated carbocycles. The second-order valence-electron chi connectivity index (χ2n) is 7.83. The van der Waals surface area contributed by atoms with Crippen LogP contribution >= 0.6 is 0 Å². The molecule has 1 aliphatic rings. The molecule has 2 aromatic rings. The summed E-state index contributed by atoms with van der Waals surface area (Å²) in [5.74, 6) is -0.781. The molecule has 1 aliphatic heterocycles. The number of carbonyl (C=O) groups excluding carboxylic acids is 2. The summed E-state index contributed by atoms with van der Waals surface area (Å²) in [4.78, 5) is 29.3. The summed E-state index contributed by atoms with van der Waals surface area (Å²) in [6, 6.07) is 13.8. The molecule has 6 heteroatoms. The average molecular weight is 421 g/mol. The lowest BCUT2D eigenvalue weighted by atomic mass is 9.95. The average Bonchev–Trinajstić information content (AvgIpc) is 3.01. The van der Waals surface area contributed by atoms with Crippen molar-refractivity contribution in [1.82, 2.24) is 9.80 Å². The van der Waals surface area contributed by atoms with Crippen molar-refractivity contribution in [1.29, 1.82) is 0 Å². The number of nitrogens with zero attached hydrogens (tertiary/aromatic N) is 2. The van der Waals surface area contributed by atoms with Gasteiger partial charge in [-0.1, -0.05) is 54.6 Å². The van der Waals surface area contributed by atoms with Gasteiger partial charge in [0.25, 0.3) is 11.7 Å². The normalized spacial score (nSPS) is 17.9. The van der Waals surface area contributed by atoms with E-state index in [-0.39, 0.29) is 11.3 Å². The molecule has 0 spiro atoms. The summed E-state index contributed by atoms with van der Waals surface area (Å²) in [5.41, 5.74) is 2.38. The van der Waals surface area contributed by atoms with E-state index in [9.17, 15) is 14.7 Å². The highest BCUT2D eigenvalue weighted by Crippen LogP contribution is 2.39. The molecule has 162 valence electrons. The van der Waals surface area contributed by atoms with Gasteiger partial charge < -0.3 is 19.6 Å². The number of hydrogen-bond acceptors (Lipinski definition) is 5. The molecule has 31 heavy (non-hydrogen) atoms. The molecule has 2 aromatic carbocycles. The Kier molecular flexibility index (Phi) is 6.92. The molecule has 1 N–H and O–H groups in total. The first kappa shape index (κ1) is 22.3. The summed E-state index contributed by atoms with van der Waals surface area (Å²) in [7, 11) is 3.81. The van der Waals surface area contributed by atoms with Crippen LogP contribution in [0.3, 0.4) is 0 Å². The van der Waals surface area contributed by atoms with Gasteiger partial charge in [0.1, 0.15) is 18.1 Å². The second-order valence-corrected chi connectivity index (χ2v) is 7.83. The van der Waals surface area contributed by atoms with Crippen molar-refractivity contribution in [3.63, 3.8) is 0 Å². The highest BCUT2D eigenvalue weighted by atomic mass is 16.5. The summed E-state index contributed by atoms with van der Waals surface area (Å²) >= 11 is 0. The van der Waals surface area contributed by atoms with Crippen LogP contribution < -0.4 is 4.74 Å². The number of hydrogen-bond donors (Lipinski definition) is 1. The fourth-order valence-electron chi connectivity index (χ4n) is 3.53. The SMILES string of the molecule is C=CCOc1ccc(C2/C(=C(/O)c3ccc(C)cc3)C(=O)C(=O)N2CCN(C)C)cc1. The first-order chi connectivity index (χ1) is 14.8. The van der Waals surface area contributed by atoms with Gasteiger partial charge in [0.15, 0.2) is 0 Å². The molecule has 1 heterocycles. The van der Waals surface area contributed by atoms with Crippen LogP contribution in [0, 0.1) is 6.92 Å². The number of benzene rings is 2. The number of rotatable bonds is 8. The van der Waals surface area contributed by atoms with Gasteiger partial charge in [-0.3, -0.25) is 9.59 Å². The van der Waals surface area contributed by atoms with Gasteiger partial charge in [-0.15, -0.1) is 0 Å². The largest absolute Gasteiger partial charge is 0.507 e. The Balaban J connectivity index is 2.07. The minimum absolute atomic E-state index is 0.104. The zero-order valence-corrected chi connectivity index (χ0v) is 18.2. The maximum atomic E-state index is 13.0. The molecule has 1 unspecified atom stereocenters. The minimum Gasteiger partial charge on any atom is -0.507 e. The summed E-state index contributed by atoms with van der Waals surface area (Å²) in [6.45, 7) is 6.92. The molecule has 0 bridgehead atoms. The highest BCUT2D eigenvalue weighted by Gasteiger charge is 2.45. The number of ketones is 1. The van der Waals surface area contributed by atoms with E-state index in [0.29, 0.717) is 31.0 Å². The molecule has 0 radical (unpaired) electrons. The van der Waals surface area contributed by atoms with Crippen LogP contribution in [0.1, 0.15) is 22.7 Å². The molecular weight excluding hydrogens is 392 g/mol. The molecule has 0 aliphatic carbocycles. The van der Waals surface area contributed by atoms with Gasteiger partial charge in [0.2, 0.25) is 0 Å². The van der Waals surface area contributed by atoms with Crippen molar-refractivity contribution in [2.24, 2.45) is 0 Å². The highest BCUT2D eigenvalue weighted by molar-refractivity contribution is 6.46. The standard InChI is InChI=1S/C25H28N2O4/c1-5-16-31-20-12-10-18(11-13-20)22-21(23(28)19-8-6-17(2)7-9-19)24(29)25(30)27(22)15-14-26(3)4/h5-13,22,28H,1,14-16H2,2-4H3/b23-21-. The Morgan fingerprint density at radius 3 is 2.35 bits per heavy atom.